The summed E-state index contributed by atoms with van der Waals surface area (Å²) in [6.07, 6.45) is 1.58. The summed E-state index contributed by atoms with van der Waals surface area (Å²) in [5.41, 5.74) is 5.16. The molecule has 0 aliphatic rings. The number of benzene rings is 2. The van der Waals surface area contributed by atoms with Gasteiger partial charge in [0.2, 0.25) is 0 Å². The largest absolute Gasteiger partial charge is 0.465 e. The van der Waals surface area contributed by atoms with E-state index in [9.17, 15) is 0 Å². The fourth-order valence-corrected chi connectivity index (χ4v) is 4.20. The predicted molar refractivity (Wildman–Crippen MR) is 132 cm³/mol. The first-order valence-electron chi connectivity index (χ1n) is 11.8. The standard InChI is InChI=1S/C28H43NO2/c1-19(2)17-25-21(5)15-16-27(26(25)18-20(3)4)31-23(7)30-22(6)29-28(8,9)24-13-11-10-12-14-24/h10-16,19-20,22-23,29H,17-18H2,1-9H3. The van der Waals surface area contributed by atoms with E-state index in [-0.39, 0.29) is 18.1 Å². The molecule has 0 aliphatic heterocycles. The Morgan fingerprint density at radius 1 is 0.806 bits per heavy atom. The van der Waals surface area contributed by atoms with Gasteiger partial charge in [-0.05, 0) is 87.6 Å². The van der Waals surface area contributed by atoms with Gasteiger partial charge in [-0.3, -0.25) is 5.32 Å². The van der Waals surface area contributed by atoms with Gasteiger partial charge >= 0.3 is 0 Å². The van der Waals surface area contributed by atoms with E-state index in [2.05, 4.69) is 90.2 Å². The van der Waals surface area contributed by atoms with E-state index in [1.165, 1.54) is 22.3 Å². The quantitative estimate of drug-likeness (QED) is 0.393. The summed E-state index contributed by atoms with van der Waals surface area (Å²) < 4.78 is 12.5. The van der Waals surface area contributed by atoms with Gasteiger partial charge in [0.05, 0.1) is 0 Å². The first kappa shape index (κ1) is 25.4. The van der Waals surface area contributed by atoms with E-state index < -0.39 is 0 Å². The Hall–Kier alpha value is -1.84. The van der Waals surface area contributed by atoms with E-state index in [1.807, 2.05) is 19.9 Å². The van der Waals surface area contributed by atoms with Crippen molar-refractivity contribution in [2.24, 2.45) is 11.8 Å². The van der Waals surface area contributed by atoms with Crippen molar-refractivity contribution in [2.75, 3.05) is 0 Å². The Balaban J connectivity index is 2.12. The molecule has 1 N–H and O–H groups in total. The molecule has 172 valence electrons. The molecule has 0 aromatic heterocycles. The van der Waals surface area contributed by atoms with Crippen molar-refractivity contribution in [1.29, 1.82) is 0 Å². The van der Waals surface area contributed by atoms with Gasteiger partial charge in [0.15, 0.2) is 6.29 Å². The molecule has 0 heterocycles. The molecule has 0 saturated carbocycles. The van der Waals surface area contributed by atoms with E-state index >= 15 is 0 Å². The lowest BCUT2D eigenvalue weighted by molar-refractivity contribution is -0.119. The second kappa shape index (κ2) is 11.2. The Bertz CT molecular complexity index is 811. The average molecular weight is 426 g/mol. The second-order valence-corrected chi connectivity index (χ2v) is 10.1. The highest BCUT2D eigenvalue weighted by molar-refractivity contribution is 5.45. The van der Waals surface area contributed by atoms with Gasteiger partial charge in [-0.1, -0.05) is 64.1 Å². The van der Waals surface area contributed by atoms with Crippen LogP contribution < -0.4 is 10.1 Å². The summed E-state index contributed by atoms with van der Waals surface area (Å²) in [4.78, 5) is 0. The molecule has 31 heavy (non-hydrogen) atoms. The maximum atomic E-state index is 6.35. The van der Waals surface area contributed by atoms with Gasteiger partial charge in [-0.25, -0.2) is 0 Å². The van der Waals surface area contributed by atoms with Crippen LogP contribution in [0.25, 0.3) is 0 Å². The molecule has 2 aromatic rings. The molecule has 0 saturated heterocycles. The average Bonchev–Trinajstić information content (AvgIpc) is 2.66. The maximum Gasteiger partial charge on any atom is 0.198 e. The third-order valence-electron chi connectivity index (χ3n) is 5.60. The minimum absolute atomic E-state index is 0.153. The number of hydrogen-bond acceptors (Lipinski definition) is 3. The molecule has 3 nitrogen and oxygen atoms in total. The van der Waals surface area contributed by atoms with Crippen molar-refractivity contribution in [2.45, 2.75) is 93.2 Å². The van der Waals surface area contributed by atoms with Gasteiger partial charge in [0, 0.05) is 5.54 Å². The van der Waals surface area contributed by atoms with Crippen molar-refractivity contribution in [3.05, 3.63) is 64.7 Å². The van der Waals surface area contributed by atoms with E-state index in [0.29, 0.717) is 11.8 Å². The van der Waals surface area contributed by atoms with Gasteiger partial charge in [-0.2, -0.15) is 0 Å². The third-order valence-corrected chi connectivity index (χ3v) is 5.60. The molecule has 0 bridgehead atoms. The lowest BCUT2D eigenvalue weighted by Gasteiger charge is -2.32. The fraction of sp³-hybridized carbons (Fsp3) is 0.571. The molecule has 0 fully saturated rings. The van der Waals surface area contributed by atoms with Crippen molar-refractivity contribution in [3.8, 4) is 5.75 Å². The number of nitrogens with one attached hydrogen (secondary N) is 1. The molecule has 2 unspecified atom stereocenters. The molecule has 3 heteroatoms. The van der Waals surface area contributed by atoms with Crippen molar-refractivity contribution < 1.29 is 9.47 Å². The molecule has 0 amide bonds. The van der Waals surface area contributed by atoms with Crippen LogP contribution in [-0.2, 0) is 23.1 Å². The Labute approximate surface area is 190 Å². The van der Waals surface area contributed by atoms with E-state index in [0.717, 1.165) is 18.6 Å². The van der Waals surface area contributed by atoms with Crippen LogP contribution >= 0.6 is 0 Å². The normalized spacial score (nSPS) is 14.2. The zero-order chi connectivity index (χ0) is 23.2. The van der Waals surface area contributed by atoms with Gasteiger partial charge < -0.3 is 9.47 Å². The molecule has 2 aromatic carbocycles. The van der Waals surface area contributed by atoms with Crippen LogP contribution in [0.2, 0.25) is 0 Å². The summed E-state index contributed by atoms with van der Waals surface area (Å²) in [5, 5.41) is 3.58. The Morgan fingerprint density at radius 3 is 1.97 bits per heavy atom. The highest BCUT2D eigenvalue weighted by Gasteiger charge is 2.24. The highest BCUT2D eigenvalue weighted by atomic mass is 16.7. The molecule has 0 spiro atoms. The summed E-state index contributed by atoms with van der Waals surface area (Å²) in [6.45, 7) is 19.7. The molecular formula is C28H43NO2. The highest BCUT2D eigenvalue weighted by Crippen LogP contribution is 2.31. The number of aryl methyl sites for hydroxylation is 1. The third kappa shape index (κ3) is 7.66. The first-order chi connectivity index (χ1) is 14.5. The van der Waals surface area contributed by atoms with Crippen molar-refractivity contribution in [3.63, 3.8) is 0 Å². The van der Waals surface area contributed by atoms with Crippen molar-refractivity contribution >= 4 is 0 Å². The minimum Gasteiger partial charge on any atom is -0.465 e. The minimum atomic E-state index is -0.352. The second-order valence-electron chi connectivity index (χ2n) is 10.1. The van der Waals surface area contributed by atoms with Crippen LogP contribution in [0.5, 0.6) is 5.75 Å². The predicted octanol–water partition coefficient (Wildman–Crippen LogP) is 7.00. The molecular weight excluding hydrogens is 382 g/mol. The zero-order valence-electron chi connectivity index (χ0n) is 21.1. The van der Waals surface area contributed by atoms with Crippen LogP contribution in [-0.4, -0.2) is 12.5 Å². The van der Waals surface area contributed by atoms with Crippen LogP contribution in [0, 0.1) is 18.8 Å². The fourth-order valence-electron chi connectivity index (χ4n) is 4.20. The molecule has 0 radical (unpaired) electrons. The zero-order valence-corrected chi connectivity index (χ0v) is 21.1. The number of hydrogen-bond donors (Lipinski definition) is 1. The topological polar surface area (TPSA) is 30.5 Å². The van der Waals surface area contributed by atoms with Crippen LogP contribution in [0.1, 0.15) is 77.6 Å². The first-order valence-corrected chi connectivity index (χ1v) is 11.8. The lowest BCUT2D eigenvalue weighted by atomic mass is 9.89. The summed E-state index contributed by atoms with van der Waals surface area (Å²) in [5.74, 6) is 2.13. The Kier molecular flexibility index (Phi) is 9.14. The number of rotatable bonds is 11. The number of ether oxygens (including phenoxy) is 2. The molecule has 2 rings (SSSR count). The SMILES string of the molecule is Cc1ccc(OC(C)OC(C)NC(C)(C)c2ccccc2)c(CC(C)C)c1CC(C)C. The van der Waals surface area contributed by atoms with Gasteiger partial charge in [0.1, 0.15) is 12.0 Å². The van der Waals surface area contributed by atoms with Gasteiger partial charge in [0.25, 0.3) is 0 Å². The molecule has 2 atom stereocenters. The van der Waals surface area contributed by atoms with Gasteiger partial charge in [-0.15, -0.1) is 0 Å². The van der Waals surface area contributed by atoms with E-state index in [1.54, 1.807) is 0 Å². The van der Waals surface area contributed by atoms with E-state index in [4.69, 9.17) is 9.47 Å². The van der Waals surface area contributed by atoms with Crippen LogP contribution in [0.3, 0.4) is 0 Å². The smallest absolute Gasteiger partial charge is 0.198 e. The monoisotopic (exact) mass is 425 g/mol. The van der Waals surface area contributed by atoms with Crippen LogP contribution in [0.4, 0.5) is 0 Å². The summed E-state index contributed by atoms with van der Waals surface area (Å²) in [7, 11) is 0. The summed E-state index contributed by atoms with van der Waals surface area (Å²) >= 11 is 0. The Morgan fingerprint density at radius 2 is 1.39 bits per heavy atom. The van der Waals surface area contributed by atoms with Crippen LogP contribution in [0.15, 0.2) is 42.5 Å². The maximum absolute atomic E-state index is 6.35. The van der Waals surface area contributed by atoms with Crippen molar-refractivity contribution in [1.82, 2.24) is 5.32 Å². The lowest BCUT2D eigenvalue weighted by Crippen LogP contribution is -2.45. The molecule has 0 aliphatic carbocycles. The summed E-state index contributed by atoms with van der Waals surface area (Å²) in [6, 6.07) is 14.8.